The van der Waals surface area contributed by atoms with Crippen LogP contribution in [0, 0.1) is 13.8 Å². The minimum absolute atomic E-state index is 0.0360. The van der Waals surface area contributed by atoms with Crippen LogP contribution in [-0.2, 0) is 9.53 Å². The maximum atomic E-state index is 12.3. The van der Waals surface area contributed by atoms with E-state index in [1.165, 1.54) is 13.2 Å². The van der Waals surface area contributed by atoms with Gasteiger partial charge in [-0.1, -0.05) is 18.2 Å². The van der Waals surface area contributed by atoms with Gasteiger partial charge in [0.15, 0.2) is 5.82 Å². The molecule has 208 valence electrons. The second kappa shape index (κ2) is 10.2. The van der Waals surface area contributed by atoms with E-state index in [4.69, 9.17) is 21.4 Å². The number of ether oxygens (including phenoxy) is 1. The van der Waals surface area contributed by atoms with Crippen LogP contribution >= 0.6 is 11.6 Å². The van der Waals surface area contributed by atoms with Crippen molar-refractivity contribution in [2.24, 2.45) is 0 Å². The predicted octanol–water partition coefficient (Wildman–Crippen LogP) is 4.71. The number of carbonyl (C=O) groups is 2. The molecule has 2 amide bonds. The molecule has 11 heteroatoms. The lowest BCUT2D eigenvalue weighted by Crippen LogP contribution is -2.61. The molecule has 0 atom stereocenters. The number of halogens is 1. The summed E-state index contributed by atoms with van der Waals surface area (Å²) in [5.74, 6) is 0.799. The van der Waals surface area contributed by atoms with E-state index in [-0.39, 0.29) is 18.0 Å². The van der Waals surface area contributed by atoms with Crippen LogP contribution in [0.2, 0.25) is 5.02 Å². The number of rotatable bonds is 4. The average molecular weight is 554 g/mol. The van der Waals surface area contributed by atoms with Crippen molar-refractivity contribution in [2.45, 2.75) is 52.1 Å². The molecule has 0 spiro atoms. The van der Waals surface area contributed by atoms with E-state index in [0.29, 0.717) is 37.7 Å². The molecule has 0 bridgehead atoms. The molecule has 2 aromatic heterocycles. The van der Waals surface area contributed by atoms with Crippen LogP contribution in [0.5, 0.6) is 0 Å². The molecular formula is C28H36ClN7O3. The van der Waals surface area contributed by atoms with Gasteiger partial charge in [0.2, 0.25) is 5.91 Å². The SMILES string of the molecule is C=CC(=O)N1CCC(n2nc(N3CCN(C(=O)OC)CC3(C)C)c(-c3c(Cl)c(C)cc4[nH]ncc34)c2C)CC1. The Hall–Kier alpha value is -3.53. The number of carbonyl (C=O) groups excluding carboxylic acids is 2. The molecule has 1 aromatic carbocycles. The lowest BCUT2D eigenvalue weighted by molar-refractivity contribution is -0.127. The summed E-state index contributed by atoms with van der Waals surface area (Å²) in [5, 5.41) is 14.3. The van der Waals surface area contributed by atoms with E-state index in [1.807, 2.05) is 24.1 Å². The quantitative estimate of drug-likeness (QED) is 0.470. The number of methoxy groups -OCH3 is 1. The van der Waals surface area contributed by atoms with E-state index in [1.54, 1.807) is 4.90 Å². The molecule has 2 saturated heterocycles. The second-order valence-electron chi connectivity index (χ2n) is 11.1. The van der Waals surface area contributed by atoms with Crippen molar-refractivity contribution < 1.29 is 14.3 Å². The monoisotopic (exact) mass is 553 g/mol. The maximum Gasteiger partial charge on any atom is 0.409 e. The number of anilines is 1. The van der Waals surface area contributed by atoms with Gasteiger partial charge in [0.25, 0.3) is 0 Å². The van der Waals surface area contributed by atoms with E-state index in [9.17, 15) is 9.59 Å². The number of likely N-dealkylation sites (tertiary alicyclic amines) is 1. The Morgan fingerprint density at radius 3 is 2.51 bits per heavy atom. The third kappa shape index (κ3) is 4.64. The Morgan fingerprint density at radius 2 is 1.87 bits per heavy atom. The molecule has 0 radical (unpaired) electrons. The molecule has 4 heterocycles. The number of nitrogens with one attached hydrogen (secondary N) is 1. The first-order valence-electron chi connectivity index (χ1n) is 13.3. The van der Waals surface area contributed by atoms with E-state index in [2.05, 4.69) is 47.1 Å². The van der Waals surface area contributed by atoms with Crippen molar-refractivity contribution in [2.75, 3.05) is 44.7 Å². The predicted molar refractivity (Wildman–Crippen MR) is 152 cm³/mol. The molecule has 39 heavy (non-hydrogen) atoms. The highest BCUT2D eigenvalue weighted by molar-refractivity contribution is 6.36. The molecule has 2 aliphatic heterocycles. The first kappa shape index (κ1) is 27.1. The van der Waals surface area contributed by atoms with Gasteiger partial charge in [-0.15, -0.1) is 0 Å². The number of aryl methyl sites for hydroxylation is 1. The first-order chi connectivity index (χ1) is 18.6. The van der Waals surface area contributed by atoms with Gasteiger partial charge in [-0.3, -0.25) is 14.6 Å². The van der Waals surface area contributed by atoms with Crippen molar-refractivity contribution in [1.82, 2.24) is 29.8 Å². The van der Waals surface area contributed by atoms with Crippen LogP contribution < -0.4 is 4.90 Å². The second-order valence-corrected chi connectivity index (χ2v) is 11.4. The summed E-state index contributed by atoms with van der Waals surface area (Å²) < 4.78 is 7.13. The number of piperazine rings is 1. The number of piperidine rings is 1. The van der Waals surface area contributed by atoms with E-state index >= 15 is 0 Å². The van der Waals surface area contributed by atoms with Gasteiger partial charge >= 0.3 is 6.09 Å². The minimum Gasteiger partial charge on any atom is -0.453 e. The van der Waals surface area contributed by atoms with Crippen molar-refractivity contribution >= 4 is 40.3 Å². The molecule has 3 aromatic rings. The highest BCUT2D eigenvalue weighted by Gasteiger charge is 2.40. The summed E-state index contributed by atoms with van der Waals surface area (Å²) >= 11 is 7.05. The third-order valence-electron chi connectivity index (χ3n) is 8.13. The zero-order valence-electron chi connectivity index (χ0n) is 23.3. The average Bonchev–Trinajstić information content (AvgIpc) is 3.52. The fourth-order valence-corrected chi connectivity index (χ4v) is 6.33. The van der Waals surface area contributed by atoms with Crippen molar-refractivity contribution in [3.63, 3.8) is 0 Å². The van der Waals surface area contributed by atoms with Gasteiger partial charge in [0, 0.05) is 54.9 Å². The fourth-order valence-electron chi connectivity index (χ4n) is 6.08. The zero-order valence-corrected chi connectivity index (χ0v) is 24.0. The molecule has 5 rings (SSSR count). The Morgan fingerprint density at radius 1 is 1.15 bits per heavy atom. The first-order valence-corrected chi connectivity index (χ1v) is 13.7. The smallest absolute Gasteiger partial charge is 0.409 e. The minimum atomic E-state index is -0.418. The lowest BCUT2D eigenvalue weighted by Gasteiger charge is -2.47. The van der Waals surface area contributed by atoms with Crippen molar-refractivity contribution in [3.8, 4) is 11.1 Å². The number of benzene rings is 1. The zero-order chi connectivity index (χ0) is 28.1. The number of H-pyrrole nitrogens is 1. The van der Waals surface area contributed by atoms with Gasteiger partial charge in [-0.25, -0.2) is 4.79 Å². The van der Waals surface area contributed by atoms with Gasteiger partial charge < -0.3 is 19.4 Å². The van der Waals surface area contributed by atoms with Crippen LogP contribution in [0.1, 0.15) is 44.0 Å². The Balaban J connectivity index is 1.64. The maximum absolute atomic E-state index is 12.3. The Kier molecular flexibility index (Phi) is 7.09. The fraction of sp³-hybridized carbons (Fsp3) is 0.500. The molecule has 2 fully saturated rings. The van der Waals surface area contributed by atoms with Crippen molar-refractivity contribution in [1.29, 1.82) is 0 Å². The molecule has 2 aliphatic rings. The summed E-state index contributed by atoms with van der Waals surface area (Å²) in [6, 6.07) is 2.15. The summed E-state index contributed by atoms with van der Waals surface area (Å²) in [5.41, 5.74) is 4.34. The van der Waals surface area contributed by atoms with Gasteiger partial charge in [0.1, 0.15) is 0 Å². The summed E-state index contributed by atoms with van der Waals surface area (Å²) in [6.45, 7) is 14.9. The highest BCUT2D eigenvalue weighted by Crippen LogP contribution is 2.46. The van der Waals surface area contributed by atoms with Gasteiger partial charge in [-0.2, -0.15) is 10.2 Å². The highest BCUT2D eigenvalue weighted by atomic mass is 35.5. The standard InChI is InChI=1S/C28H36ClN7O3/c1-7-22(37)33-10-8-19(9-11-33)36-18(3)23(24-20-15-30-31-21(20)14-17(2)25(24)29)26(32-36)35-13-12-34(27(38)39-6)16-28(35,4)5/h7,14-15,19H,1,8-13,16H2,2-6H3,(H,30,31). The lowest BCUT2D eigenvalue weighted by atomic mass is 9.94. The van der Waals surface area contributed by atoms with Crippen LogP contribution in [0.3, 0.4) is 0 Å². The van der Waals surface area contributed by atoms with Crippen LogP contribution in [0.4, 0.5) is 10.6 Å². The van der Waals surface area contributed by atoms with Gasteiger partial charge in [0.05, 0.1) is 35.4 Å². The number of fused-ring (bicyclic) bond motifs is 1. The van der Waals surface area contributed by atoms with Gasteiger partial charge in [-0.05, 0) is 58.2 Å². The number of aromatic nitrogens is 4. The summed E-state index contributed by atoms with van der Waals surface area (Å²) in [6.07, 6.45) is 4.46. The van der Waals surface area contributed by atoms with Crippen LogP contribution in [0.15, 0.2) is 24.9 Å². The molecule has 0 saturated carbocycles. The molecule has 1 N–H and O–H groups in total. The Bertz CT molecular complexity index is 1430. The molecular weight excluding hydrogens is 518 g/mol. The van der Waals surface area contributed by atoms with Crippen molar-refractivity contribution in [3.05, 3.63) is 41.2 Å². The molecule has 10 nitrogen and oxygen atoms in total. The largest absolute Gasteiger partial charge is 0.453 e. The number of nitrogens with zero attached hydrogens (tertiary/aromatic N) is 6. The van der Waals surface area contributed by atoms with Crippen LogP contribution in [0.25, 0.3) is 22.0 Å². The number of hydrogen-bond acceptors (Lipinski definition) is 6. The summed E-state index contributed by atoms with van der Waals surface area (Å²) in [7, 11) is 1.41. The summed E-state index contributed by atoms with van der Waals surface area (Å²) in [4.78, 5) is 30.4. The van der Waals surface area contributed by atoms with Crippen LogP contribution in [-0.4, -0.2) is 87.2 Å². The Labute approximate surface area is 233 Å². The normalized spacial score (nSPS) is 18.1. The topological polar surface area (TPSA) is 99.6 Å². The molecule has 0 aliphatic carbocycles. The number of aromatic amines is 1. The number of amides is 2. The van der Waals surface area contributed by atoms with E-state index in [0.717, 1.165) is 51.9 Å². The third-order valence-corrected chi connectivity index (χ3v) is 8.62. The van der Waals surface area contributed by atoms with E-state index < -0.39 is 5.54 Å². The molecule has 0 unspecified atom stereocenters. The number of hydrogen-bond donors (Lipinski definition) is 1.